The Morgan fingerprint density at radius 2 is 1.63 bits per heavy atom. The molecule has 160 valence electrons. The van der Waals surface area contributed by atoms with Gasteiger partial charge in [-0.25, -0.2) is 0 Å². The number of carbonyl (C=O) groups excluding carboxylic acids is 1. The summed E-state index contributed by atoms with van der Waals surface area (Å²) >= 11 is 0. The van der Waals surface area contributed by atoms with Gasteiger partial charge >= 0.3 is 0 Å². The summed E-state index contributed by atoms with van der Waals surface area (Å²) in [6, 6.07) is 12.2. The molecule has 0 atom stereocenters. The molecule has 0 N–H and O–H groups in total. The van der Waals surface area contributed by atoms with E-state index in [9.17, 15) is 4.79 Å². The Morgan fingerprint density at radius 3 is 2.33 bits per heavy atom. The quantitative estimate of drug-likeness (QED) is 0.640. The fourth-order valence-corrected chi connectivity index (χ4v) is 4.59. The number of pyridine rings is 1. The van der Waals surface area contributed by atoms with Crippen LogP contribution in [0.1, 0.15) is 60.4 Å². The molecule has 0 aliphatic carbocycles. The summed E-state index contributed by atoms with van der Waals surface area (Å²) in [5, 5.41) is 0. The SMILES string of the molecule is O=C(c1ccncc1)N1CCC(c2ccc(OCCCN3CCCCC3)cc2)CC1. The molecule has 2 aliphatic rings. The van der Waals surface area contributed by atoms with Crippen molar-refractivity contribution in [2.75, 3.05) is 39.3 Å². The molecule has 2 fully saturated rings. The first-order chi connectivity index (χ1) is 14.8. The van der Waals surface area contributed by atoms with E-state index < -0.39 is 0 Å². The number of hydrogen-bond donors (Lipinski definition) is 0. The van der Waals surface area contributed by atoms with Crippen molar-refractivity contribution in [3.05, 3.63) is 59.9 Å². The summed E-state index contributed by atoms with van der Waals surface area (Å²) in [6.45, 7) is 6.05. The average molecular weight is 408 g/mol. The van der Waals surface area contributed by atoms with Crippen LogP contribution in [0, 0.1) is 0 Å². The van der Waals surface area contributed by atoms with Crippen LogP contribution in [0.3, 0.4) is 0 Å². The molecule has 1 aromatic heterocycles. The van der Waals surface area contributed by atoms with Gasteiger partial charge in [-0.3, -0.25) is 9.78 Å². The monoisotopic (exact) mass is 407 g/mol. The van der Waals surface area contributed by atoms with Gasteiger partial charge in [-0.1, -0.05) is 18.6 Å². The molecule has 5 heteroatoms. The van der Waals surface area contributed by atoms with Crippen molar-refractivity contribution >= 4 is 5.91 Å². The molecule has 5 nitrogen and oxygen atoms in total. The number of nitrogens with zero attached hydrogens (tertiary/aromatic N) is 3. The van der Waals surface area contributed by atoms with Gasteiger partial charge in [0.05, 0.1) is 6.61 Å². The zero-order valence-corrected chi connectivity index (χ0v) is 17.8. The molecule has 30 heavy (non-hydrogen) atoms. The lowest BCUT2D eigenvalue weighted by Gasteiger charge is -2.32. The summed E-state index contributed by atoms with van der Waals surface area (Å²) in [6.07, 6.45) is 10.5. The maximum Gasteiger partial charge on any atom is 0.253 e. The highest BCUT2D eigenvalue weighted by Crippen LogP contribution is 2.29. The number of rotatable bonds is 7. The van der Waals surface area contributed by atoms with Gasteiger partial charge in [0.2, 0.25) is 0 Å². The predicted octanol–water partition coefficient (Wildman–Crippen LogP) is 4.36. The Labute approximate surface area is 180 Å². The number of hydrogen-bond acceptors (Lipinski definition) is 4. The van der Waals surface area contributed by atoms with Crippen LogP contribution >= 0.6 is 0 Å². The Bertz CT molecular complexity index is 780. The first-order valence-electron chi connectivity index (χ1n) is 11.4. The zero-order chi connectivity index (χ0) is 20.6. The standard InChI is InChI=1S/C25H33N3O2/c29-25(23-9-13-26-14-10-23)28-18-11-22(12-19-28)21-5-7-24(8-6-21)30-20-4-17-27-15-2-1-3-16-27/h5-10,13-14,22H,1-4,11-12,15-20H2. The third kappa shape index (κ3) is 5.60. The van der Waals surface area contributed by atoms with Crippen LogP contribution in [0.4, 0.5) is 0 Å². The van der Waals surface area contributed by atoms with Crippen LogP contribution in [-0.4, -0.2) is 60.0 Å². The van der Waals surface area contributed by atoms with Gasteiger partial charge in [0.15, 0.2) is 0 Å². The van der Waals surface area contributed by atoms with Crippen molar-refractivity contribution in [2.45, 2.75) is 44.4 Å². The Morgan fingerprint density at radius 1 is 0.933 bits per heavy atom. The van der Waals surface area contributed by atoms with E-state index in [1.165, 1.54) is 37.9 Å². The fraction of sp³-hybridized carbons (Fsp3) is 0.520. The van der Waals surface area contributed by atoms with E-state index in [1.807, 2.05) is 4.90 Å². The van der Waals surface area contributed by atoms with Crippen molar-refractivity contribution in [3.8, 4) is 5.75 Å². The molecular formula is C25H33N3O2. The molecular weight excluding hydrogens is 374 g/mol. The van der Waals surface area contributed by atoms with Gasteiger partial charge in [-0.2, -0.15) is 0 Å². The molecule has 2 saturated heterocycles. The van der Waals surface area contributed by atoms with Crippen LogP contribution < -0.4 is 4.74 Å². The minimum atomic E-state index is 0.115. The number of ether oxygens (including phenoxy) is 1. The van der Waals surface area contributed by atoms with Crippen LogP contribution in [-0.2, 0) is 0 Å². The van der Waals surface area contributed by atoms with Gasteiger partial charge in [0.25, 0.3) is 5.91 Å². The molecule has 3 heterocycles. The second-order valence-corrected chi connectivity index (χ2v) is 8.48. The fourth-order valence-electron chi connectivity index (χ4n) is 4.59. The molecule has 0 saturated carbocycles. The lowest BCUT2D eigenvalue weighted by atomic mass is 9.89. The predicted molar refractivity (Wildman–Crippen MR) is 119 cm³/mol. The Balaban J connectivity index is 1.19. The first kappa shape index (κ1) is 20.9. The minimum Gasteiger partial charge on any atom is -0.494 e. The van der Waals surface area contributed by atoms with E-state index in [1.54, 1.807) is 24.5 Å². The smallest absolute Gasteiger partial charge is 0.253 e. The Kier molecular flexibility index (Phi) is 7.35. The maximum atomic E-state index is 12.6. The second kappa shape index (κ2) is 10.6. The van der Waals surface area contributed by atoms with Gasteiger partial charge in [-0.05, 0) is 80.9 Å². The summed E-state index contributed by atoms with van der Waals surface area (Å²) in [5.41, 5.74) is 2.08. The maximum absolute atomic E-state index is 12.6. The first-order valence-corrected chi connectivity index (χ1v) is 11.4. The topological polar surface area (TPSA) is 45.7 Å². The van der Waals surface area contributed by atoms with Crippen molar-refractivity contribution in [2.24, 2.45) is 0 Å². The number of aromatic nitrogens is 1. The van der Waals surface area contributed by atoms with Crippen molar-refractivity contribution in [1.82, 2.24) is 14.8 Å². The molecule has 2 aromatic rings. The molecule has 4 rings (SSSR count). The average Bonchev–Trinajstić information content (AvgIpc) is 2.83. The number of likely N-dealkylation sites (tertiary alicyclic amines) is 2. The van der Waals surface area contributed by atoms with E-state index in [2.05, 4.69) is 34.1 Å². The van der Waals surface area contributed by atoms with Crippen molar-refractivity contribution in [3.63, 3.8) is 0 Å². The van der Waals surface area contributed by atoms with Gasteiger partial charge in [0.1, 0.15) is 5.75 Å². The zero-order valence-electron chi connectivity index (χ0n) is 17.8. The van der Waals surface area contributed by atoms with Crippen LogP contribution in [0.15, 0.2) is 48.8 Å². The molecule has 0 radical (unpaired) electrons. The highest BCUT2D eigenvalue weighted by molar-refractivity contribution is 5.94. The summed E-state index contributed by atoms with van der Waals surface area (Å²) < 4.78 is 5.95. The molecule has 1 aromatic carbocycles. The summed E-state index contributed by atoms with van der Waals surface area (Å²) in [4.78, 5) is 21.1. The summed E-state index contributed by atoms with van der Waals surface area (Å²) in [5.74, 6) is 1.59. The summed E-state index contributed by atoms with van der Waals surface area (Å²) in [7, 11) is 0. The third-order valence-electron chi connectivity index (χ3n) is 6.40. The van der Waals surface area contributed by atoms with E-state index in [0.717, 1.165) is 56.8 Å². The molecule has 0 unspecified atom stereocenters. The van der Waals surface area contributed by atoms with E-state index in [-0.39, 0.29) is 5.91 Å². The van der Waals surface area contributed by atoms with Gasteiger partial charge in [0, 0.05) is 37.6 Å². The molecule has 2 aliphatic heterocycles. The lowest BCUT2D eigenvalue weighted by molar-refractivity contribution is 0.0713. The number of amides is 1. The lowest BCUT2D eigenvalue weighted by Crippen LogP contribution is -2.37. The number of piperidine rings is 2. The minimum absolute atomic E-state index is 0.115. The normalized spacial score (nSPS) is 18.3. The van der Waals surface area contributed by atoms with E-state index >= 15 is 0 Å². The highest BCUT2D eigenvalue weighted by atomic mass is 16.5. The number of benzene rings is 1. The number of carbonyl (C=O) groups is 1. The van der Waals surface area contributed by atoms with E-state index in [4.69, 9.17) is 4.74 Å². The highest BCUT2D eigenvalue weighted by Gasteiger charge is 2.24. The molecule has 0 spiro atoms. The second-order valence-electron chi connectivity index (χ2n) is 8.48. The largest absolute Gasteiger partial charge is 0.494 e. The van der Waals surface area contributed by atoms with Crippen molar-refractivity contribution in [1.29, 1.82) is 0 Å². The van der Waals surface area contributed by atoms with Crippen molar-refractivity contribution < 1.29 is 9.53 Å². The molecule has 0 bridgehead atoms. The van der Waals surface area contributed by atoms with Crippen LogP contribution in [0.2, 0.25) is 0 Å². The third-order valence-corrected chi connectivity index (χ3v) is 6.40. The molecule has 1 amide bonds. The van der Waals surface area contributed by atoms with Crippen LogP contribution in [0.25, 0.3) is 0 Å². The van der Waals surface area contributed by atoms with Gasteiger partial charge in [-0.15, -0.1) is 0 Å². The van der Waals surface area contributed by atoms with E-state index in [0.29, 0.717) is 5.92 Å². The Hall–Kier alpha value is -2.40. The van der Waals surface area contributed by atoms with Crippen LogP contribution in [0.5, 0.6) is 5.75 Å². The van der Waals surface area contributed by atoms with Gasteiger partial charge < -0.3 is 14.5 Å².